The number of halogens is 1. The van der Waals surface area contributed by atoms with Crippen LogP contribution in [0.4, 0.5) is 10.1 Å². The van der Waals surface area contributed by atoms with Gasteiger partial charge in [0.15, 0.2) is 0 Å². The molecule has 0 saturated heterocycles. The fraction of sp³-hybridized carbons (Fsp3) is 0.257. The quantitative estimate of drug-likeness (QED) is 0.200. The third-order valence-corrected chi connectivity index (χ3v) is 8.96. The van der Waals surface area contributed by atoms with Crippen LogP contribution in [0.2, 0.25) is 0 Å². The Labute approximate surface area is 264 Å². The van der Waals surface area contributed by atoms with Gasteiger partial charge in [0.25, 0.3) is 10.0 Å². The van der Waals surface area contributed by atoms with Crippen molar-refractivity contribution in [1.29, 1.82) is 0 Å². The summed E-state index contributed by atoms with van der Waals surface area (Å²) in [5.74, 6) is -0.779. The summed E-state index contributed by atoms with van der Waals surface area (Å²) < 4.78 is 48.2. The van der Waals surface area contributed by atoms with E-state index in [1.165, 1.54) is 36.3 Å². The molecule has 0 spiro atoms. The highest BCUT2D eigenvalue weighted by molar-refractivity contribution is 7.92. The van der Waals surface area contributed by atoms with Gasteiger partial charge in [-0.25, -0.2) is 12.8 Å². The molecule has 0 radical (unpaired) electrons. The summed E-state index contributed by atoms with van der Waals surface area (Å²) in [5, 5.41) is 2.96. The molecule has 4 aromatic rings. The molecule has 0 fully saturated rings. The Hall–Kier alpha value is -4.70. The Morgan fingerprint density at radius 1 is 0.844 bits per heavy atom. The molecule has 4 rings (SSSR count). The predicted molar refractivity (Wildman–Crippen MR) is 173 cm³/mol. The lowest BCUT2D eigenvalue weighted by Crippen LogP contribution is -2.53. The Morgan fingerprint density at radius 3 is 2.09 bits per heavy atom. The van der Waals surface area contributed by atoms with Crippen LogP contribution >= 0.6 is 0 Å². The van der Waals surface area contributed by atoms with Gasteiger partial charge < -0.3 is 15.0 Å². The number of rotatable bonds is 14. The molecule has 1 N–H and O–H groups in total. The summed E-state index contributed by atoms with van der Waals surface area (Å²) in [6.07, 6.45) is 0.197. The van der Waals surface area contributed by atoms with E-state index < -0.39 is 34.3 Å². The number of anilines is 1. The van der Waals surface area contributed by atoms with Crippen LogP contribution in [0.15, 0.2) is 114 Å². The van der Waals surface area contributed by atoms with Gasteiger partial charge in [-0.15, -0.1) is 0 Å². The Balaban J connectivity index is 1.80. The summed E-state index contributed by atoms with van der Waals surface area (Å²) in [5.41, 5.74) is 1.63. The number of carbonyl (C=O) groups is 2. The SMILES string of the molecule is COc1cccc(CN(C(=O)CN(c2ccc(F)cc2)S(=O)(=O)c2ccccc2)[C@@H](Cc2ccccc2)C(=O)NCC(C)C)c1. The molecule has 236 valence electrons. The number of hydrogen-bond donors (Lipinski definition) is 1. The van der Waals surface area contributed by atoms with E-state index >= 15 is 0 Å². The smallest absolute Gasteiger partial charge is 0.264 e. The molecule has 4 aromatic carbocycles. The van der Waals surface area contributed by atoms with Gasteiger partial charge in [-0.05, 0) is 65.6 Å². The number of nitrogens with one attached hydrogen (secondary N) is 1. The van der Waals surface area contributed by atoms with Crippen molar-refractivity contribution in [3.8, 4) is 5.75 Å². The Morgan fingerprint density at radius 2 is 1.47 bits per heavy atom. The van der Waals surface area contributed by atoms with Gasteiger partial charge in [0.1, 0.15) is 24.2 Å². The zero-order chi connectivity index (χ0) is 32.4. The summed E-state index contributed by atoms with van der Waals surface area (Å²) >= 11 is 0. The summed E-state index contributed by atoms with van der Waals surface area (Å²) in [4.78, 5) is 29.6. The van der Waals surface area contributed by atoms with Crippen LogP contribution in [0.5, 0.6) is 5.75 Å². The minimum atomic E-state index is -4.26. The number of amides is 2. The fourth-order valence-corrected chi connectivity index (χ4v) is 6.23. The molecule has 0 saturated carbocycles. The van der Waals surface area contributed by atoms with Crippen molar-refractivity contribution in [3.63, 3.8) is 0 Å². The zero-order valence-electron chi connectivity index (χ0n) is 25.6. The molecule has 0 aliphatic rings. The third kappa shape index (κ3) is 8.92. The van der Waals surface area contributed by atoms with Crippen LogP contribution in [0.25, 0.3) is 0 Å². The van der Waals surface area contributed by atoms with Crippen molar-refractivity contribution in [2.75, 3.05) is 24.5 Å². The number of hydrogen-bond acceptors (Lipinski definition) is 5. The van der Waals surface area contributed by atoms with E-state index in [1.807, 2.05) is 50.2 Å². The summed E-state index contributed by atoms with van der Waals surface area (Å²) in [6, 6.07) is 28.1. The molecular formula is C35H38FN3O5S. The van der Waals surface area contributed by atoms with E-state index in [9.17, 15) is 22.4 Å². The van der Waals surface area contributed by atoms with Gasteiger partial charge in [0.2, 0.25) is 11.8 Å². The largest absolute Gasteiger partial charge is 0.497 e. The van der Waals surface area contributed by atoms with Gasteiger partial charge in [-0.3, -0.25) is 13.9 Å². The first-order valence-electron chi connectivity index (χ1n) is 14.7. The molecule has 8 nitrogen and oxygen atoms in total. The summed E-state index contributed by atoms with van der Waals surface area (Å²) in [7, 11) is -2.73. The van der Waals surface area contributed by atoms with E-state index in [0.717, 1.165) is 22.0 Å². The van der Waals surface area contributed by atoms with Crippen LogP contribution in [0, 0.1) is 11.7 Å². The number of methoxy groups -OCH3 is 1. The van der Waals surface area contributed by atoms with E-state index in [-0.39, 0.29) is 35.4 Å². The van der Waals surface area contributed by atoms with Crippen LogP contribution in [0.3, 0.4) is 0 Å². The van der Waals surface area contributed by atoms with E-state index in [2.05, 4.69) is 5.32 Å². The average Bonchev–Trinajstić information content (AvgIpc) is 3.05. The van der Waals surface area contributed by atoms with Crippen LogP contribution in [-0.2, 0) is 32.6 Å². The second kappa shape index (κ2) is 15.3. The first-order valence-corrected chi connectivity index (χ1v) is 16.1. The minimum absolute atomic E-state index is 0.00523. The monoisotopic (exact) mass is 631 g/mol. The lowest BCUT2D eigenvalue weighted by molar-refractivity contribution is -0.140. The molecule has 1 atom stereocenters. The average molecular weight is 632 g/mol. The van der Waals surface area contributed by atoms with Crippen molar-refractivity contribution in [1.82, 2.24) is 10.2 Å². The number of sulfonamides is 1. The van der Waals surface area contributed by atoms with Crippen molar-refractivity contribution in [3.05, 3.63) is 126 Å². The van der Waals surface area contributed by atoms with Crippen molar-refractivity contribution in [2.45, 2.75) is 37.8 Å². The van der Waals surface area contributed by atoms with Crippen LogP contribution < -0.4 is 14.4 Å². The highest BCUT2D eigenvalue weighted by Crippen LogP contribution is 2.26. The minimum Gasteiger partial charge on any atom is -0.497 e. The van der Waals surface area contributed by atoms with Crippen LogP contribution in [-0.4, -0.2) is 51.4 Å². The lowest BCUT2D eigenvalue weighted by atomic mass is 10.0. The maximum atomic E-state index is 14.4. The highest BCUT2D eigenvalue weighted by atomic mass is 32.2. The van der Waals surface area contributed by atoms with Crippen molar-refractivity contribution < 1.29 is 27.1 Å². The molecule has 0 bridgehead atoms. The molecule has 45 heavy (non-hydrogen) atoms. The molecule has 0 unspecified atom stereocenters. The van der Waals surface area contributed by atoms with E-state index in [1.54, 1.807) is 36.4 Å². The lowest BCUT2D eigenvalue weighted by Gasteiger charge is -2.34. The maximum absolute atomic E-state index is 14.4. The Bertz CT molecular complexity index is 1670. The van der Waals surface area contributed by atoms with E-state index in [4.69, 9.17) is 4.74 Å². The second-order valence-electron chi connectivity index (χ2n) is 11.0. The zero-order valence-corrected chi connectivity index (χ0v) is 26.4. The van der Waals surface area contributed by atoms with Gasteiger partial charge in [-0.2, -0.15) is 0 Å². The standard InChI is InChI=1S/C35H38FN3O5S/c1-26(2)23-37-35(41)33(22-27-11-6-4-7-12-27)38(24-28-13-10-14-31(21-28)44-3)34(40)25-39(30-19-17-29(36)18-20-30)45(42,43)32-15-8-5-9-16-32/h4-21,26,33H,22-25H2,1-3H3,(H,37,41)/t33-/m0/s1. The van der Waals surface area contributed by atoms with Gasteiger partial charge in [0, 0.05) is 19.5 Å². The summed E-state index contributed by atoms with van der Waals surface area (Å²) in [6.45, 7) is 3.72. The topological polar surface area (TPSA) is 96.0 Å². The fourth-order valence-electron chi connectivity index (χ4n) is 4.80. The highest BCUT2D eigenvalue weighted by Gasteiger charge is 2.34. The van der Waals surface area contributed by atoms with Crippen LogP contribution in [0.1, 0.15) is 25.0 Å². The first-order chi connectivity index (χ1) is 21.6. The van der Waals surface area contributed by atoms with Crippen molar-refractivity contribution >= 4 is 27.5 Å². The maximum Gasteiger partial charge on any atom is 0.264 e. The predicted octanol–water partition coefficient (Wildman–Crippen LogP) is 5.44. The molecular weight excluding hydrogens is 593 g/mol. The molecule has 0 aliphatic carbocycles. The number of ether oxygens (including phenoxy) is 1. The first kappa shape index (κ1) is 33.2. The normalized spacial score (nSPS) is 11.9. The molecule has 0 aliphatic heterocycles. The van der Waals surface area contributed by atoms with Gasteiger partial charge >= 0.3 is 0 Å². The van der Waals surface area contributed by atoms with Crippen molar-refractivity contribution in [2.24, 2.45) is 5.92 Å². The van der Waals surface area contributed by atoms with Gasteiger partial charge in [0.05, 0.1) is 17.7 Å². The Kier molecular flexibility index (Phi) is 11.3. The molecule has 2 amide bonds. The number of benzene rings is 4. The number of carbonyl (C=O) groups excluding carboxylic acids is 2. The van der Waals surface area contributed by atoms with E-state index in [0.29, 0.717) is 17.9 Å². The molecule has 10 heteroatoms. The second-order valence-corrected chi connectivity index (χ2v) is 12.9. The van der Waals surface area contributed by atoms with Gasteiger partial charge in [-0.1, -0.05) is 74.5 Å². The molecule has 0 aromatic heterocycles. The third-order valence-electron chi connectivity index (χ3n) is 7.17. The molecule has 0 heterocycles. The number of nitrogens with zero attached hydrogens (tertiary/aromatic N) is 2.